The first kappa shape index (κ1) is 24.5. The molecule has 0 atom stereocenters. The Hall–Kier alpha value is -3.17. The number of amides is 4. The third kappa shape index (κ3) is 6.43. The SMILES string of the molecule is O=C(CNC(=O)c1ccc(Cl)cc1Cl)NCC(=O)N1CCN(C(=O)c2ccccc2F)CC1. The first-order valence-electron chi connectivity index (χ1n) is 10.1. The van der Waals surface area contributed by atoms with Crippen molar-refractivity contribution in [1.82, 2.24) is 20.4 Å². The fourth-order valence-corrected chi connectivity index (χ4v) is 3.74. The van der Waals surface area contributed by atoms with Crippen LogP contribution in [0.15, 0.2) is 42.5 Å². The molecule has 1 aliphatic heterocycles. The zero-order valence-electron chi connectivity index (χ0n) is 17.4. The molecule has 1 heterocycles. The molecular formula is C22H21Cl2FN4O4. The lowest BCUT2D eigenvalue weighted by atomic mass is 10.1. The van der Waals surface area contributed by atoms with Crippen molar-refractivity contribution in [2.24, 2.45) is 0 Å². The van der Waals surface area contributed by atoms with Crippen molar-refractivity contribution < 1.29 is 23.6 Å². The summed E-state index contributed by atoms with van der Waals surface area (Å²) < 4.78 is 13.8. The summed E-state index contributed by atoms with van der Waals surface area (Å²) in [5.74, 6) is -2.43. The smallest absolute Gasteiger partial charge is 0.256 e. The van der Waals surface area contributed by atoms with Crippen LogP contribution in [0.2, 0.25) is 10.0 Å². The Balaban J connectivity index is 1.40. The van der Waals surface area contributed by atoms with Crippen molar-refractivity contribution in [3.8, 4) is 0 Å². The Bertz CT molecular complexity index is 1070. The van der Waals surface area contributed by atoms with Crippen LogP contribution in [-0.2, 0) is 9.59 Å². The molecule has 0 spiro atoms. The topological polar surface area (TPSA) is 98.8 Å². The molecule has 1 fully saturated rings. The van der Waals surface area contributed by atoms with Gasteiger partial charge in [0.05, 0.1) is 29.2 Å². The normalized spacial score (nSPS) is 13.4. The molecule has 0 unspecified atom stereocenters. The van der Waals surface area contributed by atoms with Gasteiger partial charge >= 0.3 is 0 Å². The lowest BCUT2D eigenvalue weighted by molar-refractivity contribution is -0.133. The minimum absolute atomic E-state index is 0.00789. The van der Waals surface area contributed by atoms with Crippen LogP contribution in [0.4, 0.5) is 4.39 Å². The first-order chi connectivity index (χ1) is 15.8. The second-order valence-electron chi connectivity index (χ2n) is 7.24. The molecule has 0 aromatic heterocycles. The molecule has 4 amide bonds. The third-order valence-corrected chi connectivity index (χ3v) is 5.59. The standard InChI is InChI=1S/C22H21Cl2FN4O4/c23-14-5-6-15(17(24)11-14)21(32)27-12-19(30)26-13-20(31)28-7-9-29(10-8-28)22(33)16-3-1-2-4-18(16)25/h1-6,11H,7-10,12-13H2,(H,26,30)(H,27,32). The highest BCUT2D eigenvalue weighted by Crippen LogP contribution is 2.20. The maximum atomic E-state index is 13.8. The highest BCUT2D eigenvalue weighted by Gasteiger charge is 2.26. The number of halogens is 3. The van der Waals surface area contributed by atoms with Gasteiger partial charge in [-0.1, -0.05) is 35.3 Å². The van der Waals surface area contributed by atoms with E-state index in [1.54, 1.807) is 6.07 Å². The lowest BCUT2D eigenvalue weighted by Crippen LogP contribution is -2.53. The first-order valence-corrected chi connectivity index (χ1v) is 10.8. The van der Waals surface area contributed by atoms with Crippen LogP contribution in [0.1, 0.15) is 20.7 Å². The van der Waals surface area contributed by atoms with Crippen LogP contribution in [0.25, 0.3) is 0 Å². The number of piperazine rings is 1. The predicted octanol–water partition coefficient (Wildman–Crippen LogP) is 1.96. The van der Waals surface area contributed by atoms with Gasteiger partial charge < -0.3 is 20.4 Å². The van der Waals surface area contributed by atoms with E-state index in [9.17, 15) is 23.6 Å². The summed E-state index contributed by atoms with van der Waals surface area (Å²) in [6.07, 6.45) is 0. The quantitative estimate of drug-likeness (QED) is 0.641. The Morgan fingerprint density at radius 3 is 2.18 bits per heavy atom. The van der Waals surface area contributed by atoms with E-state index in [4.69, 9.17) is 23.2 Å². The minimum atomic E-state index is -0.589. The third-order valence-electron chi connectivity index (χ3n) is 5.05. The minimum Gasteiger partial charge on any atom is -0.345 e. The van der Waals surface area contributed by atoms with Crippen LogP contribution < -0.4 is 10.6 Å². The molecule has 33 heavy (non-hydrogen) atoms. The van der Waals surface area contributed by atoms with Gasteiger partial charge in [0.25, 0.3) is 11.8 Å². The van der Waals surface area contributed by atoms with Crippen molar-refractivity contribution in [2.45, 2.75) is 0 Å². The van der Waals surface area contributed by atoms with Gasteiger partial charge in [-0.15, -0.1) is 0 Å². The summed E-state index contributed by atoms with van der Waals surface area (Å²) in [4.78, 5) is 51.9. The van der Waals surface area contributed by atoms with Gasteiger partial charge in [-0.25, -0.2) is 4.39 Å². The number of rotatable bonds is 6. The number of carbonyl (C=O) groups excluding carboxylic acids is 4. The molecule has 0 saturated carbocycles. The number of hydrogen-bond acceptors (Lipinski definition) is 4. The molecule has 1 aliphatic rings. The zero-order chi connectivity index (χ0) is 24.0. The maximum absolute atomic E-state index is 13.8. The van der Waals surface area contributed by atoms with Crippen LogP contribution in [-0.4, -0.2) is 72.7 Å². The van der Waals surface area contributed by atoms with E-state index in [1.165, 1.54) is 46.2 Å². The molecule has 2 N–H and O–H groups in total. The van der Waals surface area contributed by atoms with Crippen molar-refractivity contribution >= 4 is 46.8 Å². The fourth-order valence-electron chi connectivity index (χ4n) is 3.24. The van der Waals surface area contributed by atoms with Gasteiger partial charge in [-0.2, -0.15) is 0 Å². The average Bonchev–Trinajstić information content (AvgIpc) is 2.81. The molecule has 2 aromatic carbocycles. The van der Waals surface area contributed by atoms with E-state index in [2.05, 4.69) is 10.6 Å². The second-order valence-corrected chi connectivity index (χ2v) is 8.08. The van der Waals surface area contributed by atoms with Crippen LogP contribution >= 0.6 is 23.2 Å². The lowest BCUT2D eigenvalue weighted by Gasteiger charge is -2.35. The maximum Gasteiger partial charge on any atom is 0.256 e. The van der Waals surface area contributed by atoms with Crippen molar-refractivity contribution in [1.29, 1.82) is 0 Å². The highest BCUT2D eigenvalue weighted by atomic mass is 35.5. The zero-order valence-corrected chi connectivity index (χ0v) is 19.0. The van der Waals surface area contributed by atoms with Gasteiger partial charge in [0, 0.05) is 31.2 Å². The molecule has 11 heteroatoms. The molecule has 0 radical (unpaired) electrons. The Labute approximate surface area is 199 Å². The van der Waals surface area contributed by atoms with Gasteiger partial charge in [0.15, 0.2) is 0 Å². The van der Waals surface area contributed by atoms with Gasteiger partial charge in [-0.05, 0) is 30.3 Å². The molecule has 174 valence electrons. The summed E-state index contributed by atoms with van der Waals surface area (Å²) in [5, 5.41) is 5.41. The largest absolute Gasteiger partial charge is 0.345 e. The summed E-state index contributed by atoms with van der Waals surface area (Å²) in [6.45, 7) is 0.449. The monoisotopic (exact) mass is 494 g/mol. The van der Waals surface area contributed by atoms with Gasteiger partial charge in [0.2, 0.25) is 11.8 Å². The number of carbonyl (C=O) groups is 4. The number of nitrogens with zero attached hydrogens (tertiary/aromatic N) is 2. The summed E-state index contributed by atoms with van der Waals surface area (Å²) in [5.41, 5.74) is 0.166. The van der Waals surface area contributed by atoms with Gasteiger partial charge in [0.1, 0.15) is 5.82 Å². The number of benzene rings is 2. The molecule has 0 bridgehead atoms. The van der Waals surface area contributed by atoms with Crippen LogP contribution in [0.5, 0.6) is 0 Å². The molecular weight excluding hydrogens is 474 g/mol. The van der Waals surface area contributed by atoms with E-state index in [0.29, 0.717) is 5.02 Å². The van der Waals surface area contributed by atoms with Crippen LogP contribution in [0, 0.1) is 5.82 Å². The predicted molar refractivity (Wildman–Crippen MR) is 121 cm³/mol. The van der Waals surface area contributed by atoms with Crippen molar-refractivity contribution in [3.05, 3.63) is 69.5 Å². The molecule has 1 saturated heterocycles. The van der Waals surface area contributed by atoms with E-state index in [0.717, 1.165) is 0 Å². The summed E-state index contributed by atoms with van der Waals surface area (Å²) in [7, 11) is 0. The molecule has 8 nitrogen and oxygen atoms in total. The van der Waals surface area contributed by atoms with Crippen LogP contribution in [0.3, 0.4) is 0 Å². The van der Waals surface area contributed by atoms with E-state index in [-0.39, 0.29) is 61.3 Å². The molecule has 3 rings (SSSR count). The molecule has 2 aromatic rings. The Kier molecular flexibility index (Phi) is 8.24. The van der Waals surface area contributed by atoms with Gasteiger partial charge in [-0.3, -0.25) is 19.2 Å². The Morgan fingerprint density at radius 2 is 1.52 bits per heavy atom. The van der Waals surface area contributed by atoms with E-state index in [1.807, 2.05) is 0 Å². The average molecular weight is 495 g/mol. The Morgan fingerprint density at radius 1 is 0.848 bits per heavy atom. The van der Waals surface area contributed by atoms with Crippen molar-refractivity contribution in [3.63, 3.8) is 0 Å². The van der Waals surface area contributed by atoms with E-state index >= 15 is 0 Å². The van der Waals surface area contributed by atoms with Crippen molar-refractivity contribution in [2.75, 3.05) is 39.3 Å². The summed E-state index contributed by atoms with van der Waals surface area (Å²) >= 11 is 11.8. The molecule has 0 aliphatic carbocycles. The second kappa shape index (κ2) is 11.1. The highest BCUT2D eigenvalue weighted by molar-refractivity contribution is 6.36. The van der Waals surface area contributed by atoms with E-state index < -0.39 is 23.5 Å². The number of hydrogen-bond donors (Lipinski definition) is 2. The fraction of sp³-hybridized carbons (Fsp3) is 0.273. The number of nitrogens with one attached hydrogen (secondary N) is 2. The summed E-state index contributed by atoms with van der Waals surface area (Å²) in [6, 6.07) is 10.1.